The molecule has 0 amide bonds. The summed E-state index contributed by atoms with van der Waals surface area (Å²) in [5.74, 6) is 0.608. The van der Waals surface area contributed by atoms with E-state index in [1.807, 2.05) is 44.2 Å². The molecule has 3 heteroatoms. The Hall–Kier alpha value is -0.670. The third-order valence-electron chi connectivity index (χ3n) is 2.47. The van der Waals surface area contributed by atoms with E-state index in [1.165, 1.54) is 0 Å². The molecule has 0 aliphatic carbocycles. The fourth-order valence-electron chi connectivity index (χ4n) is 1.37. The Morgan fingerprint density at radius 1 is 1.36 bits per heavy atom. The van der Waals surface area contributed by atoms with Crippen LogP contribution in [0.15, 0.2) is 35.2 Å². The minimum atomic E-state index is -0.923. The second-order valence-electron chi connectivity index (χ2n) is 4.04. The molecule has 0 N–H and O–H groups in total. The summed E-state index contributed by atoms with van der Waals surface area (Å²) in [6, 6.07) is 9.54. The van der Waals surface area contributed by atoms with Crippen molar-refractivity contribution in [2.45, 2.75) is 30.4 Å². The maximum atomic E-state index is 11.8. The molecule has 0 spiro atoms. The van der Waals surface area contributed by atoms with Crippen LogP contribution in [0.3, 0.4) is 0 Å². The van der Waals surface area contributed by atoms with Gasteiger partial charge in [-0.2, -0.15) is 0 Å². The van der Waals surface area contributed by atoms with E-state index in [2.05, 4.69) is 0 Å². The highest BCUT2D eigenvalue weighted by atomic mass is 32.2. The molecule has 1 heterocycles. The van der Waals surface area contributed by atoms with Crippen LogP contribution < -0.4 is 0 Å². The van der Waals surface area contributed by atoms with E-state index < -0.39 is 10.8 Å². The second-order valence-corrected chi connectivity index (χ2v) is 5.53. The number of ether oxygens (including phenoxy) is 1. The number of hydrogen-bond donors (Lipinski definition) is 0. The van der Waals surface area contributed by atoms with Crippen LogP contribution in [0.2, 0.25) is 0 Å². The Balaban J connectivity index is 1.98. The zero-order chi connectivity index (χ0) is 10.2. The molecular weight excluding hydrogens is 196 g/mol. The maximum absolute atomic E-state index is 11.8. The van der Waals surface area contributed by atoms with Gasteiger partial charge in [-0.25, -0.2) is 0 Å². The molecule has 0 radical (unpaired) electrons. The predicted molar refractivity (Wildman–Crippen MR) is 56.7 cm³/mol. The standard InChI is InChI=1S/C11H14O2S/c1-11(2)10(13-11)8-14(12)9-6-4-3-5-7-9/h3-7,10H,8H2,1-2H3/t10-,14+/m0/s1. The van der Waals surface area contributed by atoms with E-state index in [0.717, 1.165) is 4.90 Å². The van der Waals surface area contributed by atoms with Crippen LogP contribution in [-0.4, -0.2) is 21.7 Å². The number of benzene rings is 1. The highest BCUT2D eigenvalue weighted by Crippen LogP contribution is 2.36. The molecule has 76 valence electrons. The maximum Gasteiger partial charge on any atom is 0.0986 e. The number of epoxide rings is 1. The summed E-state index contributed by atoms with van der Waals surface area (Å²) in [4.78, 5) is 0.888. The molecule has 1 aliphatic heterocycles. The SMILES string of the molecule is CC1(C)O[C@H]1C[S@@](=O)c1ccccc1. The van der Waals surface area contributed by atoms with Gasteiger partial charge in [-0.05, 0) is 26.0 Å². The normalized spacial score (nSPS) is 25.7. The Bertz CT molecular complexity index is 346. The first-order chi connectivity index (χ1) is 6.59. The summed E-state index contributed by atoms with van der Waals surface area (Å²) in [6.07, 6.45) is 0.156. The highest BCUT2D eigenvalue weighted by molar-refractivity contribution is 7.85. The minimum Gasteiger partial charge on any atom is -0.366 e. The largest absolute Gasteiger partial charge is 0.366 e. The average molecular weight is 210 g/mol. The fraction of sp³-hybridized carbons (Fsp3) is 0.455. The van der Waals surface area contributed by atoms with Gasteiger partial charge in [0.15, 0.2) is 0 Å². The molecule has 14 heavy (non-hydrogen) atoms. The van der Waals surface area contributed by atoms with Gasteiger partial charge in [-0.3, -0.25) is 4.21 Å². The molecule has 0 bridgehead atoms. The van der Waals surface area contributed by atoms with E-state index in [9.17, 15) is 4.21 Å². The molecule has 2 rings (SSSR count). The van der Waals surface area contributed by atoms with Gasteiger partial charge in [-0.15, -0.1) is 0 Å². The third kappa shape index (κ3) is 2.04. The fourth-order valence-corrected chi connectivity index (χ4v) is 2.77. The van der Waals surface area contributed by atoms with Crippen molar-refractivity contribution in [1.29, 1.82) is 0 Å². The summed E-state index contributed by atoms with van der Waals surface area (Å²) in [5, 5.41) is 0. The summed E-state index contributed by atoms with van der Waals surface area (Å²) < 4.78 is 17.2. The van der Waals surface area contributed by atoms with Gasteiger partial charge < -0.3 is 4.74 Å². The molecule has 0 aromatic heterocycles. The van der Waals surface area contributed by atoms with Crippen molar-refractivity contribution in [2.75, 3.05) is 5.75 Å². The van der Waals surface area contributed by atoms with Crippen LogP contribution >= 0.6 is 0 Å². The topological polar surface area (TPSA) is 29.6 Å². The summed E-state index contributed by atoms with van der Waals surface area (Å²) in [6.45, 7) is 4.06. The highest BCUT2D eigenvalue weighted by Gasteiger charge is 2.48. The van der Waals surface area contributed by atoms with Crippen LogP contribution in [0.4, 0.5) is 0 Å². The van der Waals surface area contributed by atoms with Gasteiger partial charge in [-0.1, -0.05) is 18.2 Å². The molecule has 1 saturated heterocycles. The van der Waals surface area contributed by atoms with Crippen molar-refractivity contribution >= 4 is 10.8 Å². The average Bonchev–Trinajstić information content (AvgIpc) is 2.75. The molecule has 1 aromatic carbocycles. The first-order valence-electron chi connectivity index (χ1n) is 4.71. The van der Waals surface area contributed by atoms with E-state index in [-0.39, 0.29) is 11.7 Å². The number of hydrogen-bond acceptors (Lipinski definition) is 2. The van der Waals surface area contributed by atoms with Crippen LogP contribution in [0, 0.1) is 0 Å². The van der Waals surface area contributed by atoms with Crippen molar-refractivity contribution in [1.82, 2.24) is 0 Å². The lowest BCUT2D eigenvalue weighted by Crippen LogP contribution is -2.11. The van der Waals surface area contributed by atoms with Gasteiger partial charge in [0.25, 0.3) is 0 Å². The lowest BCUT2D eigenvalue weighted by Gasteiger charge is -1.99. The van der Waals surface area contributed by atoms with Gasteiger partial charge in [0.1, 0.15) is 0 Å². The van der Waals surface area contributed by atoms with E-state index in [1.54, 1.807) is 0 Å². The second kappa shape index (κ2) is 3.48. The first-order valence-corrected chi connectivity index (χ1v) is 6.03. The first kappa shape index (κ1) is 9.87. The van der Waals surface area contributed by atoms with Gasteiger partial charge >= 0.3 is 0 Å². The molecule has 2 nitrogen and oxygen atoms in total. The monoisotopic (exact) mass is 210 g/mol. The lowest BCUT2D eigenvalue weighted by atomic mass is 10.2. The Labute approximate surface area is 86.7 Å². The zero-order valence-electron chi connectivity index (χ0n) is 8.40. The van der Waals surface area contributed by atoms with Crippen LogP contribution in [0.25, 0.3) is 0 Å². The van der Waals surface area contributed by atoms with Gasteiger partial charge in [0, 0.05) is 4.90 Å². The molecular formula is C11H14O2S. The molecule has 1 fully saturated rings. The van der Waals surface area contributed by atoms with Crippen LogP contribution in [-0.2, 0) is 15.5 Å². The number of rotatable bonds is 3. The molecule has 1 aliphatic rings. The molecule has 2 atom stereocenters. The zero-order valence-corrected chi connectivity index (χ0v) is 9.21. The van der Waals surface area contributed by atoms with Crippen LogP contribution in [0.1, 0.15) is 13.8 Å². The molecule has 0 saturated carbocycles. The summed E-state index contributed by atoms with van der Waals surface area (Å²) >= 11 is 0. The Morgan fingerprint density at radius 3 is 2.43 bits per heavy atom. The van der Waals surface area contributed by atoms with Gasteiger partial charge in [0.05, 0.1) is 28.3 Å². The van der Waals surface area contributed by atoms with Crippen molar-refractivity contribution in [3.8, 4) is 0 Å². The molecule has 1 aromatic rings. The lowest BCUT2D eigenvalue weighted by molar-refractivity contribution is 0.329. The predicted octanol–water partition coefficient (Wildman–Crippen LogP) is 1.97. The van der Waals surface area contributed by atoms with E-state index in [0.29, 0.717) is 5.75 Å². The van der Waals surface area contributed by atoms with E-state index in [4.69, 9.17) is 4.74 Å². The summed E-state index contributed by atoms with van der Waals surface area (Å²) in [7, 11) is -0.923. The van der Waals surface area contributed by atoms with Crippen LogP contribution in [0.5, 0.6) is 0 Å². The quantitative estimate of drug-likeness (QED) is 0.714. The minimum absolute atomic E-state index is 0.0650. The third-order valence-corrected chi connectivity index (χ3v) is 3.88. The van der Waals surface area contributed by atoms with Crippen molar-refractivity contribution in [3.05, 3.63) is 30.3 Å². The Morgan fingerprint density at radius 2 is 1.93 bits per heavy atom. The van der Waals surface area contributed by atoms with Gasteiger partial charge in [0.2, 0.25) is 0 Å². The van der Waals surface area contributed by atoms with Crippen molar-refractivity contribution in [2.24, 2.45) is 0 Å². The van der Waals surface area contributed by atoms with Crippen molar-refractivity contribution < 1.29 is 8.95 Å². The molecule has 0 unspecified atom stereocenters. The van der Waals surface area contributed by atoms with Crippen molar-refractivity contribution in [3.63, 3.8) is 0 Å². The summed E-state index contributed by atoms with van der Waals surface area (Å²) in [5.41, 5.74) is -0.0650. The Kier molecular flexibility index (Phi) is 2.45. The smallest absolute Gasteiger partial charge is 0.0986 e. The van der Waals surface area contributed by atoms with E-state index >= 15 is 0 Å².